The molecule has 308 valence electrons. The molecule has 0 aromatic heterocycles. The van der Waals surface area contributed by atoms with Crippen molar-refractivity contribution in [1.29, 1.82) is 0 Å². The highest BCUT2D eigenvalue weighted by molar-refractivity contribution is 7.98. The zero-order valence-electron chi connectivity index (χ0n) is 31.5. The van der Waals surface area contributed by atoms with E-state index < -0.39 is 90.8 Å². The molecule has 15 N–H and O–H groups in total. The molecule has 0 fully saturated rings. The first-order chi connectivity index (χ1) is 25.9. The molecule has 6 amide bonds. The van der Waals surface area contributed by atoms with E-state index in [0.29, 0.717) is 17.7 Å². The van der Waals surface area contributed by atoms with E-state index in [1.807, 2.05) is 0 Å². The van der Waals surface area contributed by atoms with Gasteiger partial charge in [-0.05, 0) is 68.2 Å². The first kappa shape index (κ1) is 47.9. The Kier molecular flexibility index (Phi) is 21.8. The van der Waals surface area contributed by atoms with E-state index in [1.54, 1.807) is 32.2 Å². The Morgan fingerprint density at radius 3 is 2.00 bits per heavy atom. The van der Waals surface area contributed by atoms with Crippen LogP contribution in [0.1, 0.15) is 52.0 Å². The molecule has 0 aliphatic heterocycles. The first-order valence-electron chi connectivity index (χ1n) is 17.6. The number of guanidine groups is 1. The fraction of sp³-hybridized carbons (Fsp3) is 0.588. The average molecular weight is 797 g/mol. The Bertz CT molecular complexity index is 1480. The summed E-state index contributed by atoms with van der Waals surface area (Å²) in [7, 11) is 0. The van der Waals surface area contributed by atoms with Crippen molar-refractivity contribution in [3.8, 4) is 5.75 Å². The van der Waals surface area contributed by atoms with Gasteiger partial charge in [-0.15, -0.1) is 0 Å². The molecule has 0 bridgehead atoms. The summed E-state index contributed by atoms with van der Waals surface area (Å²) in [6, 6.07) is -1.24. The van der Waals surface area contributed by atoms with Crippen molar-refractivity contribution in [2.24, 2.45) is 28.1 Å². The third-order valence-corrected chi connectivity index (χ3v) is 8.98. The highest BCUT2D eigenvalue weighted by atomic mass is 32.2. The quantitative estimate of drug-likeness (QED) is 0.0263. The van der Waals surface area contributed by atoms with Crippen LogP contribution in [0.2, 0.25) is 0 Å². The predicted octanol–water partition coefficient (Wildman–Crippen LogP) is -3.25. The lowest BCUT2D eigenvalue weighted by Gasteiger charge is -2.25. The Labute approximate surface area is 324 Å². The van der Waals surface area contributed by atoms with Crippen molar-refractivity contribution in [3.63, 3.8) is 0 Å². The van der Waals surface area contributed by atoms with Crippen LogP contribution in [0.5, 0.6) is 5.75 Å². The predicted molar refractivity (Wildman–Crippen MR) is 205 cm³/mol. The summed E-state index contributed by atoms with van der Waals surface area (Å²) in [5, 5.41) is 43.4. The molecule has 7 atom stereocenters. The van der Waals surface area contributed by atoms with Gasteiger partial charge in [0.1, 0.15) is 36.0 Å². The van der Waals surface area contributed by atoms with Crippen molar-refractivity contribution in [2.45, 2.75) is 89.1 Å². The van der Waals surface area contributed by atoms with Gasteiger partial charge in [-0.2, -0.15) is 11.8 Å². The van der Waals surface area contributed by atoms with Crippen LogP contribution in [0, 0.1) is 5.92 Å². The molecule has 21 heteroatoms. The molecular formula is C34H56N10O10S. The van der Waals surface area contributed by atoms with Crippen LogP contribution in [-0.2, 0) is 40.0 Å². The Morgan fingerprint density at radius 1 is 0.818 bits per heavy atom. The Balaban J connectivity index is 2.92. The van der Waals surface area contributed by atoms with Gasteiger partial charge in [0.25, 0.3) is 0 Å². The van der Waals surface area contributed by atoms with Gasteiger partial charge in [-0.25, -0.2) is 4.79 Å². The number of phenols is 1. The number of aliphatic carboxylic acids is 1. The number of aliphatic imine (C=N–C) groups is 1. The molecule has 0 saturated carbocycles. The number of amides is 6. The number of rotatable bonds is 25. The van der Waals surface area contributed by atoms with Gasteiger partial charge in [-0.3, -0.25) is 33.8 Å². The lowest BCUT2D eigenvalue weighted by molar-refractivity contribution is -0.142. The van der Waals surface area contributed by atoms with Gasteiger partial charge in [0.15, 0.2) is 5.96 Å². The Morgan fingerprint density at radius 2 is 1.44 bits per heavy atom. The van der Waals surface area contributed by atoms with Crippen LogP contribution in [0.4, 0.5) is 0 Å². The molecule has 0 saturated heterocycles. The molecule has 0 spiro atoms. The highest BCUT2D eigenvalue weighted by Gasteiger charge is 2.31. The van der Waals surface area contributed by atoms with E-state index in [4.69, 9.17) is 17.2 Å². The summed E-state index contributed by atoms with van der Waals surface area (Å²) in [5.41, 5.74) is 17.5. The number of phenolic OH excluding ortho intramolecular Hbond substituents is 1. The summed E-state index contributed by atoms with van der Waals surface area (Å²) in [4.78, 5) is 93.3. The normalized spacial score (nSPS) is 14.7. The third-order valence-electron chi connectivity index (χ3n) is 8.33. The summed E-state index contributed by atoms with van der Waals surface area (Å²) >= 11 is 1.40. The minimum Gasteiger partial charge on any atom is -0.508 e. The summed E-state index contributed by atoms with van der Waals surface area (Å²) in [5.74, 6) is -6.07. The second kappa shape index (κ2) is 25.0. The summed E-state index contributed by atoms with van der Waals surface area (Å²) in [6.45, 7) is 3.39. The van der Waals surface area contributed by atoms with Crippen LogP contribution in [0.15, 0.2) is 29.3 Å². The fourth-order valence-corrected chi connectivity index (χ4v) is 5.34. The lowest BCUT2D eigenvalue weighted by Crippen LogP contribution is -2.58. The van der Waals surface area contributed by atoms with Crippen LogP contribution >= 0.6 is 11.8 Å². The standard InChI is InChI=1S/C34H56N10O10S/c1-5-18(2)27(44-29(49)22(35)15-20-8-10-21(46)11-9-20)32(52)39-16-26(47)41-25(17-45)31(51)42-23(7-6-13-38-34(36)37)30(50)40-19(3)28(48)43-24(33(53)54)12-14-55-4/h8-11,18-19,22-25,27,45-46H,5-7,12-17,35H2,1-4H3,(H,39,52)(H,40,50)(H,41,47)(H,42,51)(H,43,48)(H,44,49)(H,53,54)(H4,36,37,38)/t18-,19+,22-,23-,24+,25-,27-/m0/s1. The van der Waals surface area contributed by atoms with Gasteiger partial charge in [0.05, 0.1) is 19.2 Å². The van der Waals surface area contributed by atoms with E-state index in [1.165, 1.54) is 30.8 Å². The number of aromatic hydroxyl groups is 1. The number of carboxylic acid groups (broad SMARTS) is 1. The molecule has 20 nitrogen and oxygen atoms in total. The number of carbonyl (C=O) groups is 7. The van der Waals surface area contributed by atoms with Crippen LogP contribution < -0.4 is 49.1 Å². The number of nitrogens with zero attached hydrogens (tertiary/aromatic N) is 1. The van der Waals surface area contributed by atoms with Gasteiger partial charge in [0.2, 0.25) is 35.4 Å². The third kappa shape index (κ3) is 18.2. The second-order valence-electron chi connectivity index (χ2n) is 12.8. The lowest BCUT2D eigenvalue weighted by atomic mass is 9.97. The number of benzene rings is 1. The van der Waals surface area contributed by atoms with E-state index >= 15 is 0 Å². The van der Waals surface area contributed by atoms with Gasteiger partial charge in [-0.1, -0.05) is 32.4 Å². The van der Waals surface area contributed by atoms with Crippen molar-refractivity contribution >= 4 is 59.1 Å². The van der Waals surface area contributed by atoms with Crippen molar-refractivity contribution in [3.05, 3.63) is 29.8 Å². The minimum atomic E-state index is -1.58. The maximum Gasteiger partial charge on any atom is 0.326 e. The zero-order valence-corrected chi connectivity index (χ0v) is 32.3. The van der Waals surface area contributed by atoms with E-state index in [-0.39, 0.29) is 49.9 Å². The van der Waals surface area contributed by atoms with Gasteiger partial charge >= 0.3 is 5.97 Å². The van der Waals surface area contributed by atoms with E-state index in [9.17, 15) is 48.9 Å². The molecule has 1 aromatic carbocycles. The number of thioether (sulfide) groups is 1. The molecule has 0 aliphatic rings. The number of carboxylic acids is 1. The number of aliphatic hydroxyl groups is 1. The molecule has 0 aliphatic carbocycles. The van der Waals surface area contributed by atoms with Crippen molar-refractivity contribution in [2.75, 3.05) is 31.7 Å². The Hall–Kier alpha value is -5.15. The minimum absolute atomic E-state index is 0.0440. The number of aliphatic hydroxyl groups excluding tert-OH is 1. The topological polar surface area (TPSA) is 343 Å². The fourth-order valence-electron chi connectivity index (χ4n) is 4.87. The molecule has 0 heterocycles. The summed E-state index contributed by atoms with van der Waals surface area (Å²) in [6.07, 6.45) is 2.69. The highest BCUT2D eigenvalue weighted by Crippen LogP contribution is 2.12. The first-order valence-corrected chi connectivity index (χ1v) is 19.0. The number of hydrogen-bond donors (Lipinski definition) is 12. The number of nitrogens with one attached hydrogen (secondary N) is 6. The van der Waals surface area contributed by atoms with E-state index in [0.717, 1.165) is 0 Å². The van der Waals surface area contributed by atoms with Gasteiger partial charge < -0.3 is 64.4 Å². The number of carbonyl (C=O) groups excluding carboxylic acids is 6. The molecular weight excluding hydrogens is 741 g/mol. The van der Waals surface area contributed by atoms with Crippen molar-refractivity contribution < 1.29 is 48.9 Å². The van der Waals surface area contributed by atoms with Gasteiger partial charge in [0, 0.05) is 6.54 Å². The SMILES string of the molecule is CC[C@H](C)[C@H](NC(=O)[C@@H](N)Cc1ccc(O)cc1)C(=O)NCC(=O)N[C@@H](CO)C(=O)N[C@@H](CCCN=C(N)N)C(=O)N[C@H](C)C(=O)N[C@H](CCSC)C(=O)O. The molecule has 1 rings (SSSR count). The van der Waals surface area contributed by atoms with Crippen LogP contribution in [-0.4, -0.2) is 131 Å². The maximum absolute atomic E-state index is 13.2. The second-order valence-corrected chi connectivity index (χ2v) is 13.8. The smallest absolute Gasteiger partial charge is 0.326 e. The molecule has 55 heavy (non-hydrogen) atoms. The molecule has 0 radical (unpaired) electrons. The average Bonchev–Trinajstić information content (AvgIpc) is 3.14. The zero-order chi connectivity index (χ0) is 41.7. The number of hydrogen-bond acceptors (Lipinski definition) is 12. The number of nitrogens with two attached hydrogens (primary N) is 3. The summed E-state index contributed by atoms with van der Waals surface area (Å²) < 4.78 is 0. The largest absolute Gasteiger partial charge is 0.508 e. The molecule has 1 aromatic rings. The van der Waals surface area contributed by atoms with Crippen LogP contribution in [0.25, 0.3) is 0 Å². The maximum atomic E-state index is 13.2. The van der Waals surface area contributed by atoms with Crippen molar-refractivity contribution in [1.82, 2.24) is 31.9 Å². The van der Waals surface area contributed by atoms with E-state index in [2.05, 4.69) is 36.9 Å². The monoisotopic (exact) mass is 796 g/mol. The van der Waals surface area contributed by atoms with Crippen LogP contribution in [0.3, 0.4) is 0 Å². The molecule has 0 unspecified atom stereocenters.